The zero-order chi connectivity index (χ0) is 18.8. The summed E-state index contributed by atoms with van der Waals surface area (Å²) in [5, 5.41) is 7.58. The summed E-state index contributed by atoms with van der Waals surface area (Å²) in [7, 11) is -2.73. The number of hydrogen-bond donors (Lipinski definition) is 2. The number of carbonyl (C=O) groups excluding carboxylic acids is 1. The zero-order valence-corrected chi connectivity index (χ0v) is 14.3. The molecule has 3 N–H and O–H groups in total. The number of benzene rings is 1. The smallest absolute Gasteiger partial charge is 0.391 e. The number of ether oxygens (including phenoxy) is 1. The summed E-state index contributed by atoms with van der Waals surface area (Å²) in [5.41, 5.74) is -0.0943. The Labute approximate surface area is 143 Å². The number of carbonyl (C=O) groups is 1. The van der Waals surface area contributed by atoms with Crippen LogP contribution >= 0.6 is 0 Å². The number of sulfonamides is 1. The van der Waals surface area contributed by atoms with Crippen LogP contribution in [0.4, 0.5) is 13.2 Å². The second-order valence-corrected chi connectivity index (χ2v) is 7.54. The number of nitrogens with one attached hydrogen (secondary N) is 1. The predicted octanol–water partition coefficient (Wildman–Crippen LogP) is 2.19. The molecular formula is C15H19F3N2O4S. The van der Waals surface area contributed by atoms with Crippen LogP contribution in [0.15, 0.2) is 23.1 Å². The Morgan fingerprint density at radius 2 is 2.00 bits per heavy atom. The van der Waals surface area contributed by atoms with E-state index in [1.807, 2.05) is 0 Å². The normalized spacial score (nSPS) is 21.6. The number of hydrogen-bond acceptors (Lipinski definition) is 4. The van der Waals surface area contributed by atoms with Crippen molar-refractivity contribution in [2.24, 2.45) is 11.1 Å². The molecule has 0 heterocycles. The van der Waals surface area contributed by atoms with E-state index < -0.39 is 34.1 Å². The van der Waals surface area contributed by atoms with Gasteiger partial charge < -0.3 is 10.1 Å². The van der Waals surface area contributed by atoms with Gasteiger partial charge in [0, 0.05) is 6.04 Å². The van der Waals surface area contributed by atoms with Crippen molar-refractivity contribution in [3.63, 3.8) is 0 Å². The Morgan fingerprint density at radius 1 is 1.32 bits per heavy atom. The van der Waals surface area contributed by atoms with E-state index in [1.54, 1.807) is 0 Å². The van der Waals surface area contributed by atoms with Gasteiger partial charge in [0.05, 0.1) is 23.5 Å². The second kappa shape index (κ2) is 7.20. The Hall–Kier alpha value is -1.81. The van der Waals surface area contributed by atoms with Gasteiger partial charge in [-0.2, -0.15) is 13.2 Å². The number of rotatable bonds is 4. The van der Waals surface area contributed by atoms with Crippen LogP contribution in [0.25, 0.3) is 0 Å². The minimum atomic E-state index is -4.30. The summed E-state index contributed by atoms with van der Waals surface area (Å²) < 4.78 is 66.5. The quantitative estimate of drug-likeness (QED) is 0.837. The Bertz CT molecular complexity index is 750. The summed E-state index contributed by atoms with van der Waals surface area (Å²) in [5.74, 6) is -2.05. The Balaban J connectivity index is 2.20. The SMILES string of the molecule is COc1ccc(S(N)(=O)=O)cc1C(=O)N[C@H]1CCC[C@@H](C(F)(F)F)C1. The third-order valence-corrected chi connectivity index (χ3v) is 5.13. The van der Waals surface area contributed by atoms with Gasteiger partial charge in [-0.3, -0.25) is 4.79 Å². The van der Waals surface area contributed by atoms with E-state index in [0.29, 0.717) is 12.8 Å². The molecule has 0 unspecified atom stereocenters. The minimum absolute atomic E-state index is 0.0418. The van der Waals surface area contributed by atoms with Crippen molar-refractivity contribution >= 4 is 15.9 Å². The molecule has 0 bridgehead atoms. The van der Waals surface area contributed by atoms with Crippen molar-refractivity contribution in [2.45, 2.75) is 42.8 Å². The lowest BCUT2D eigenvalue weighted by molar-refractivity contribution is -0.183. The molecule has 10 heteroatoms. The molecule has 140 valence electrons. The minimum Gasteiger partial charge on any atom is -0.496 e. The molecule has 0 aliphatic heterocycles. The topological polar surface area (TPSA) is 98.5 Å². The first-order chi connectivity index (χ1) is 11.5. The molecule has 1 saturated carbocycles. The maximum absolute atomic E-state index is 12.9. The van der Waals surface area contributed by atoms with Gasteiger partial charge in [0.15, 0.2) is 0 Å². The highest BCUT2D eigenvalue weighted by Crippen LogP contribution is 2.37. The first-order valence-corrected chi connectivity index (χ1v) is 9.15. The standard InChI is InChI=1S/C15H19F3N2O4S/c1-24-13-6-5-11(25(19,22)23)8-12(13)14(21)20-10-4-2-3-9(7-10)15(16,17)18/h5-6,8-10H,2-4,7H2,1H3,(H,20,21)(H2,19,22,23)/t9-,10+/m1/s1. The van der Waals surface area contributed by atoms with E-state index in [2.05, 4.69) is 5.32 Å². The van der Waals surface area contributed by atoms with Crippen LogP contribution in [0.3, 0.4) is 0 Å². The largest absolute Gasteiger partial charge is 0.496 e. The summed E-state index contributed by atoms with van der Waals surface area (Å²) in [6, 6.07) is 2.86. The van der Waals surface area contributed by atoms with Gasteiger partial charge in [-0.1, -0.05) is 6.42 Å². The average molecular weight is 380 g/mol. The molecule has 6 nitrogen and oxygen atoms in total. The van der Waals surface area contributed by atoms with Gasteiger partial charge in [0.2, 0.25) is 10.0 Å². The van der Waals surface area contributed by atoms with E-state index >= 15 is 0 Å². The first kappa shape index (κ1) is 19.5. The van der Waals surface area contributed by atoms with Crippen LogP contribution < -0.4 is 15.2 Å². The van der Waals surface area contributed by atoms with Crippen LogP contribution in [-0.2, 0) is 10.0 Å². The highest BCUT2D eigenvalue weighted by molar-refractivity contribution is 7.89. The molecule has 1 aliphatic rings. The number of halogens is 3. The molecule has 1 aromatic rings. The van der Waals surface area contributed by atoms with E-state index in [-0.39, 0.29) is 29.1 Å². The highest BCUT2D eigenvalue weighted by Gasteiger charge is 2.42. The molecule has 1 aromatic carbocycles. The fourth-order valence-electron chi connectivity index (χ4n) is 2.92. The lowest BCUT2D eigenvalue weighted by Crippen LogP contribution is -2.41. The summed E-state index contributed by atoms with van der Waals surface area (Å²) in [6.45, 7) is 0. The van der Waals surface area contributed by atoms with Crippen LogP contribution in [-0.4, -0.2) is 33.7 Å². The molecule has 1 aliphatic carbocycles. The number of primary sulfonamides is 1. The highest BCUT2D eigenvalue weighted by atomic mass is 32.2. The molecule has 1 amide bonds. The molecule has 0 spiro atoms. The van der Waals surface area contributed by atoms with Crippen molar-refractivity contribution in [3.05, 3.63) is 23.8 Å². The average Bonchev–Trinajstić information content (AvgIpc) is 2.52. The monoisotopic (exact) mass is 380 g/mol. The Kier molecular flexibility index (Phi) is 5.62. The summed E-state index contributed by atoms with van der Waals surface area (Å²) in [6.07, 6.45) is -3.68. The van der Waals surface area contributed by atoms with Crippen LogP contribution in [0.2, 0.25) is 0 Å². The van der Waals surface area contributed by atoms with E-state index in [0.717, 1.165) is 6.07 Å². The lowest BCUT2D eigenvalue weighted by Gasteiger charge is -2.31. The molecule has 2 atom stereocenters. The summed E-state index contributed by atoms with van der Waals surface area (Å²) in [4.78, 5) is 12.1. The first-order valence-electron chi connectivity index (χ1n) is 7.60. The fraction of sp³-hybridized carbons (Fsp3) is 0.533. The van der Waals surface area contributed by atoms with Crippen molar-refractivity contribution in [1.29, 1.82) is 0 Å². The molecule has 0 saturated heterocycles. The van der Waals surface area contributed by atoms with Gasteiger partial charge in [-0.05, 0) is 37.5 Å². The summed E-state index contributed by atoms with van der Waals surface area (Å²) >= 11 is 0. The van der Waals surface area contributed by atoms with Crippen molar-refractivity contribution in [3.8, 4) is 5.75 Å². The number of amides is 1. The Morgan fingerprint density at radius 3 is 2.56 bits per heavy atom. The van der Waals surface area contributed by atoms with Gasteiger partial charge >= 0.3 is 6.18 Å². The number of alkyl halides is 3. The van der Waals surface area contributed by atoms with Crippen molar-refractivity contribution < 1.29 is 31.1 Å². The molecule has 2 rings (SSSR count). The second-order valence-electron chi connectivity index (χ2n) is 5.98. The van der Waals surface area contributed by atoms with Crippen molar-refractivity contribution in [1.82, 2.24) is 5.32 Å². The van der Waals surface area contributed by atoms with E-state index in [9.17, 15) is 26.4 Å². The molecule has 0 radical (unpaired) electrons. The van der Waals surface area contributed by atoms with Gasteiger partial charge in [0.1, 0.15) is 5.75 Å². The van der Waals surface area contributed by atoms with Crippen molar-refractivity contribution in [2.75, 3.05) is 7.11 Å². The zero-order valence-electron chi connectivity index (χ0n) is 13.5. The van der Waals surface area contributed by atoms with Crippen LogP contribution in [0, 0.1) is 5.92 Å². The maximum Gasteiger partial charge on any atom is 0.391 e. The molecule has 25 heavy (non-hydrogen) atoms. The fourth-order valence-corrected chi connectivity index (χ4v) is 3.46. The predicted molar refractivity (Wildman–Crippen MR) is 83.6 cm³/mol. The number of methoxy groups -OCH3 is 1. The van der Waals surface area contributed by atoms with E-state index in [4.69, 9.17) is 9.88 Å². The van der Waals surface area contributed by atoms with Crippen LogP contribution in [0.1, 0.15) is 36.0 Å². The van der Waals surface area contributed by atoms with Crippen LogP contribution in [0.5, 0.6) is 5.75 Å². The molecule has 1 fully saturated rings. The lowest BCUT2D eigenvalue weighted by atomic mass is 9.85. The molecule has 0 aromatic heterocycles. The third kappa shape index (κ3) is 4.85. The maximum atomic E-state index is 12.9. The van der Waals surface area contributed by atoms with E-state index in [1.165, 1.54) is 19.2 Å². The van der Waals surface area contributed by atoms with Gasteiger partial charge in [0.25, 0.3) is 5.91 Å². The third-order valence-electron chi connectivity index (χ3n) is 4.22. The molecular weight excluding hydrogens is 361 g/mol. The van der Waals surface area contributed by atoms with Gasteiger partial charge in [-0.25, -0.2) is 13.6 Å². The number of nitrogens with two attached hydrogens (primary N) is 1. The van der Waals surface area contributed by atoms with Gasteiger partial charge in [-0.15, -0.1) is 0 Å².